The van der Waals surface area contributed by atoms with Crippen molar-refractivity contribution < 1.29 is 18.0 Å². The third-order valence-corrected chi connectivity index (χ3v) is 6.87. The Labute approximate surface area is 215 Å². The van der Waals surface area contributed by atoms with E-state index in [1.165, 1.54) is 4.90 Å². The van der Waals surface area contributed by atoms with E-state index in [0.717, 1.165) is 20.6 Å². The minimum Gasteiger partial charge on any atom is -0.350 e. The summed E-state index contributed by atoms with van der Waals surface area (Å²) in [5, 5.41) is 3.36. The minimum absolute atomic E-state index is 0.133. The summed E-state index contributed by atoms with van der Waals surface area (Å²) in [7, 11) is -3.80. The van der Waals surface area contributed by atoms with E-state index in [-0.39, 0.29) is 12.5 Å². The van der Waals surface area contributed by atoms with Gasteiger partial charge < -0.3 is 10.2 Å². The van der Waals surface area contributed by atoms with Crippen LogP contribution in [0, 0.1) is 6.92 Å². The predicted octanol–water partition coefficient (Wildman–Crippen LogP) is 4.51. The molecule has 0 radical (unpaired) electrons. The first-order valence-corrected chi connectivity index (χ1v) is 13.7. The molecule has 2 rings (SSSR count). The van der Waals surface area contributed by atoms with E-state index in [2.05, 4.69) is 21.2 Å². The zero-order chi connectivity index (χ0) is 25.8. The summed E-state index contributed by atoms with van der Waals surface area (Å²) in [6.07, 6.45) is 1.04. The predicted molar refractivity (Wildman–Crippen MR) is 140 cm³/mol. The number of hydrogen-bond donors (Lipinski definition) is 1. The Kier molecular flexibility index (Phi) is 9.18. The SMILES string of the molecule is Cc1cc(Cl)ccc1N(CC(=O)N(Cc1cccc(Br)c1)C(C)C(=O)NC(C)(C)C)S(C)(=O)=O. The number of nitrogens with zero attached hydrogens (tertiary/aromatic N) is 2. The van der Waals surface area contributed by atoms with Gasteiger partial charge in [-0.3, -0.25) is 13.9 Å². The van der Waals surface area contributed by atoms with Crippen LogP contribution in [0.2, 0.25) is 5.02 Å². The van der Waals surface area contributed by atoms with Crippen LogP contribution in [0.15, 0.2) is 46.9 Å². The van der Waals surface area contributed by atoms with Crippen molar-refractivity contribution in [2.45, 2.75) is 52.7 Å². The van der Waals surface area contributed by atoms with Gasteiger partial charge in [-0.15, -0.1) is 0 Å². The van der Waals surface area contributed by atoms with E-state index in [9.17, 15) is 18.0 Å². The Balaban J connectivity index is 2.44. The molecule has 10 heteroatoms. The number of benzene rings is 2. The molecule has 2 aromatic rings. The molecule has 0 heterocycles. The second kappa shape index (κ2) is 11.1. The molecule has 0 spiro atoms. The van der Waals surface area contributed by atoms with Gasteiger partial charge >= 0.3 is 0 Å². The molecule has 0 saturated heterocycles. The molecule has 7 nitrogen and oxygen atoms in total. The Morgan fingerprint density at radius 2 is 1.79 bits per heavy atom. The number of halogens is 2. The molecule has 0 aliphatic rings. The second-order valence-corrected chi connectivity index (χ2v) is 12.5. The van der Waals surface area contributed by atoms with Crippen LogP contribution in [0.5, 0.6) is 0 Å². The van der Waals surface area contributed by atoms with Crippen molar-refractivity contribution >= 4 is 55.1 Å². The fraction of sp³-hybridized carbons (Fsp3) is 0.417. The highest BCUT2D eigenvalue weighted by atomic mass is 79.9. The fourth-order valence-corrected chi connectivity index (χ4v) is 4.96. The van der Waals surface area contributed by atoms with Crippen molar-refractivity contribution in [3.05, 3.63) is 63.1 Å². The van der Waals surface area contributed by atoms with Crippen LogP contribution in [0.25, 0.3) is 0 Å². The average molecular weight is 573 g/mol. The van der Waals surface area contributed by atoms with Crippen LogP contribution in [0.1, 0.15) is 38.8 Å². The minimum atomic E-state index is -3.80. The van der Waals surface area contributed by atoms with Crippen LogP contribution in [-0.4, -0.2) is 49.5 Å². The summed E-state index contributed by atoms with van der Waals surface area (Å²) in [6, 6.07) is 11.3. The van der Waals surface area contributed by atoms with Crippen molar-refractivity contribution in [1.82, 2.24) is 10.2 Å². The van der Waals surface area contributed by atoms with Crippen molar-refractivity contribution in [1.29, 1.82) is 0 Å². The van der Waals surface area contributed by atoms with Crippen LogP contribution in [-0.2, 0) is 26.2 Å². The largest absolute Gasteiger partial charge is 0.350 e. The van der Waals surface area contributed by atoms with E-state index in [0.29, 0.717) is 16.3 Å². The number of carbonyl (C=O) groups is 2. The summed E-state index contributed by atoms with van der Waals surface area (Å²) < 4.78 is 27.2. The first-order chi connectivity index (χ1) is 15.6. The lowest BCUT2D eigenvalue weighted by molar-refractivity contribution is -0.140. The number of carbonyl (C=O) groups excluding carboxylic acids is 2. The van der Waals surface area contributed by atoms with Crippen LogP contribution >= 0.6 is 27.5 Å². The van der Waals surface area contributed by atoms with Gasteiger partial charge in [-0.05, 0) is 76.1 Å². The van der Waals surface area contributed by atoms with Crippen molar-refractivity contribution in [3.8, 4) is 0 Å². The molecule has 0 fully saturated rings. The molecule has 186 valence electrons. The van der Waals surface area contributed by atoms with E-state index in [1.807, 2.05) is 45.0 Å². The van der Waals surface area contributed by atoms with Gasteiger partial charge in [0.15, 0.2) is 0 Å². The maximum Gasteiger partial charge on any atom is 0.244 e. The normalized spacial score (nSPS) is 12.7. The molecule has 1 unspecified atom stereocenters. The average Bonchev–Trinajstić information content (AvgIpc) is 2.68. The molecule has 0 bridgehead atoms. The van der Waals surface area contributed by atoms with Gasteiger partial charge in [0.05, 0.1) is 11.9 Å². The zero-order valence-electron chi connectivity index (χ0n) is 20.2. The van der Waals surface area contributed by atoms with Gasteiger partial charge in [0.25, 0.3) is 0 Å². The maximum atomic E-state index is 13.6. The molecule has 2 aromatic carbocycles. The van der Waals surface area contributed by atoms with E-state index >= 15 is 0 Å². The van der Waals surface area contributed by atoms with Crippen molar-refractivity contribution in [2.24, 2.45) is 0 Å². The van der Waals surface area contributed by atoms with Crippen LogP contribution in [0.3, 0.4) is 0 Å². The monoisotopic (exact) mass is 571 g/mol. The quantitative estimate of drug-likeness (QED) is 0.504. The zero-order valence-corrected chi connectivity index (χ0v) is 23.4. The van der Waals surface area contributed by atoms with Crippen LogP contribution in [0.4, 0.5) is 5.69 Å². The number of amides is 2. The molecule has 1 N–H and O–H groups in total. The molecule has 2 amide bonds. The Morgan fingerprint density at radius 1 is 1.15 bits per heavy atom. The van der Waals surface area contributed by atoms with E-state index in [1.54, 1.807) is 32.0 Å². The Hall–Kier alpha value is -2.10. The Bertz CT molecular complexity index is 1170. The lowest BCUT2D eigenvalue weighted by Gasteiger charge is -2.33. The van der Waals surface area contributed by atoms with Crippen molar-refractivity contribution in [3.63, 3.8) is 0 Å². The van der Waals surface area contributed by atoms with Gasteiger partial charge in [-0.25, -0.2) is 8.42 Å². The van der Waals surface area contributed by atoms with E-state index in [4.69, 9.17) is 11.6 Å². The highest BCUT2D eigenvalue weighted by Gasteiger charge is 2.31. The molecule has 1 atom stereocenters. The first-order valence-electron chi connectivity index (χ1n) is 10.7. The molecule has 0 aliphatic heterocycles. The first kappa shape index (κ1) is 28.1. The number of rotatable bonds is 8. The summed E-state index contributed by atoms with van der Waals surface area (Å²) in [5.41, 5.74) is 1.28. The summed E-state index contributed by atoms with van der Waals surface area (Å²) in [5.74, 6) is -0.833. The van der Waals surface area contributed by atoms with E-state index < -0.39 is 34.1 Å². The topological polar surface area (TPSA) is 86.8 Å². The lowest BCUT2D eigenvalue weighted by Crippen LogP contribution is -2.54. The standard InChI is InChI=1S/C24H31BrClN3O4S/c1-16-12-20(26)10-11-21(16)29(34(6,32)33)15-22(30)28(14-18-8-7-9-19(25)13-18)17(2)23(31)27-24(3,4)5/h7-13,17H,14-15H2,1-6H3,(H,27,31). The molecular formula is C24H31BrClN3O4S. The maximum absolute atomic E-state index is 13.6. The molecule has 0 aliphatic carbocycles. The number of aryl methyl sites for hydroxylation is 1. The van der Waals surface area contributed by atoms with Gasteiger partial charge in [-0.2, -0.15) is 0 Å². The van der Waals surface area contributed by atoms with Gasteiger partial charge in [-0.1, -0.05) is 39.7 Å². The highest BCUT2D eigenvalue weighted by molar-refractivity contribution is 9.10. The smallest absolute Gasteiger partial charge is 0.244 e. The second-order valence-electron chi connectivity index (χ2n) is 9.27. The Morgan fingerprint density at radius 3 is 2.32 bits per heavy atom. The highest BCUT2D eigenvalue weighted by Crippen LogP contribution is 2.26. The number of anilines is 1. The number of nitrogens with one attached hydrogen (secondary N) is 1. The molecule has 0 saturated carbocycles. The summed E-state index contributed by atoms with van der Waals surface area (Å²) >= 11 is 9.46. The number of sulfonamides is 1. The fourth-order valence-electron chi connectivity index (χ4n) is 3.38. The third kappa shape index (κ3) is 7.99. The molecular weight excluding hydrogens is 542 g/mol. The molecule has 0 aromatic heterocycles. The lowest BCUT2D eigenvalue weighted by atomic mass is 10.1. The third-order valence-electron chi connectivity index (χ3n) is 5.01. The van der Waals surface area contributed by atoms with Gasteiger partial charge in [0, 0.05) is 21.6 Å². The number of hydrogen-bond acceptors (Lipinski definition) is 4. The summed E-state index contributed by atoms with van der Waals surface area (Å²) in [6.45, 7) is 8.60. The van der Waals surface area contributed by atoms with Gasteiger partial charge in [0.1, 0.15) is 12.6 Å². The van der Waals surface area contributed by atoms with Gasteiger partial charge in [0.2, 0.25) is 21.8 Å². The molecule has 34 heavy (non-hydrogen) atoms. The van der Waals surface area contributed by atoms with Crippen molar-refractivity contribution in [2.75, 3.05) is 17.1 Å². The summed E-state index contributed by atoms with van der Waals surface area (Å²) in [4.78, 5) is 27.9. The van der Waals surface area contributed by atoms with Crippen LogP contribution < -0.4 is 9.62 Å².